The molecular formula is C45H53N7O5. The molecule has 3 aliphatic rings. The van der Waals surface area contributed by atoms with Crippen LogP contribution in [-0.4, -0.2) is 79.7 Å². The number of hydrogen-bond donors (Lipinski definition) is 3. The average Bonchev–Trinajstić information content (AvgIpc) is 3.66. The van der Waals surface area contributed by atoms with Gasteiger partial charge in [-0.15, -0.1) is 0 Å². The first kappa shape index (κ1) is 38.2. The highest BCUT2D eigenvalue weighted by atomic mass is 16.6. The number of benzene rings is 3. The van der Waals surface area contributed by atoms with E-state index in [9.17, 15) is 14.4 Å². The smallest absolute Gasteiger partial charge is 0.410 e. The SMILES string of the molecule is COC(=O)N[C@H](C(=O)N1CC2(CC2)C[C@H]1c1ncc(-c2ccc(-c3ccc4cc(-c5cnc([C@@H]6C[C@H](C)CN6C(=O)OC(C)(C)C)[nH]5)ccc4c3)cc2)[nH]1)C(C)C. The number of carbonyl (C=O) groups excluding carboxylic acids is 3. The van der Waals surface area contributed by atoms with E-state index in [4.69, 9.17) is 19.4 Å². The number of alkyl carbamates (subject to hydrolysis) is 1. The van der Waals surface area contributed by atoms with Gasteiger partial charge in [-0.2, -0.15) is 0 Å². The van der Waals surface area contributed by atoms with Crippen LogP contribution in [0.2, 0.25) is 0 Å². The Hall–Kier alpha value is -5.65. The van der Waals surface area contributed by atoms with Gasteiger partial charge in [0.1, 0.15) is 23.3 Å². The summed E-state index contributed by atoms with van der Waals surface area (Å²) in [5.74, 6) is 1.70. The molecule has 3 aromatic carbocycles. The first-order valence-corrected chi connectivity index (χ1v) is 20.1. The van der Waals surface area contributed by atoms with E-state index in [2.05, 4.69) is 82.9 Å². The molecule has 57 heavy (non-hydrogen) atoms. The van der Waals surface area contributed by atoms with Gasteiger partial charge in [0.2, 0.25) is 5.91 Å². The number of nitrogens with zero attached hydrogens (tertiary/aromatic N) is 4. The van der Waals surface area contributed by atoms with E-state index >= 15 is 0 Å². The van der Waals surface area contributed by atoms with Gasteiger partial charge in [-0.05, 0) is 103 Å². The molecular weight excluding hydrogens is 719 g/mol. The molecule has 2 aromatic heterocycles. The third kappa shape index (κ3) is 7.86. The number of methoxy groups -OCH3 is 1. The first-order valence-electron chi connectivity index (χ1n) is 20.1. The highest BCUT2D eigenvalue weighted by molar-refractivity contribution is 5.91. The lowest BCUT2D eigenvalue weighted by Gasteiger charge is -2.30. The molecule has 8 rings (SSSR count). The minimum Gasteiger partial charge on any atom is -0.453 e. The molecule has 298 valence electrons. The maximum Gasteiger partial charge on any atom is 0.410 e. The molecule has 12 nitrogen and oxygen atoms in total. The molecule has 3 amide bonds. The number of imidazole rings is 2. The summed E-state index contributed by atoms with van der Waals surface area (Å²) in [4.78, 5) is 59.2. The molecule has 0 radical (unpaired) electrons. The number of ether oxygens (including phenoxy) is 2. The zero-order valence-corrected chi connectivity index (χ0v) is 33.9. The van der Waals surface area contributed by atoms with Gasteiger partial charge in [0, 0.05) is 18.7 Å². The fourth-order valence-electron chi connectivity index (χ4n) is 8.52. The maximum atomic E-state index is 13.9. The Kier molecular flexibility index (Phi) is 9.86. The fraction of sp³-hybridized carbons (Fsp3) is 0.444. The van der Waals surface area contributed by atoms with Gasteiger partial charge in [-0.1, -0.05) is 69.3 Å². The third-order valence-corrected chi connectivity index (χ3v) is 11.8. The Labute approximate surface area is 333 Å². The van der Waals surface area contributed by atoms with Crippen LogP contribution in [0, 0.1) is 17.3 Å². The Morgan fingerprint density at radius 3 is 2.02 bits per heavy atom. The zero-order chi connectivity index (χ0) is 40.2. The molecule has 2 saturated heterocycles. The third-order valence-electron chi connectivity index (χ3n) is 11.8. The predicted octanol–water partition coefficient (Wildman–Crippen LogP) is 9.04. The molecule has 12 heteroatoms. The van der Waals surface area contributed by atoms with Crippen molar-refractivity contribution >= 4 is 28.9 Å². The molecule has 3 fully saturated rings. The second kappa shape index (κ2) is 14.7. The van der Waals surface area contributed by atoms with E-state index < -0.39 is 17.7 Å². The Bertz CT molecular complexity index is 2300. The lowest BCUT2D eigenvalue weighted by atomic mass is 9.98. The zero-order valence-electron chi connectivity index (χ0n) is 33.9. The molecule has 1 spiro atoms. The Morgan fingerprint density at radius 2 is 1.40 bits per heavy atom. The van der Waals surface area contributed by atoms with Gasteiger partial charge >= 0.3 is 12.2 Å². The lowest BCUT2D eigenvalue weighted by Crippen LogP contribution is -2.51. The van der Waals surface area contributed by atoms with Crippen molar-refractivity contribution in [1.82, 2.24) is 35.1 Å². The summed E-state index contributed by atoms with van der Waals surface area (Å²) in [6.45, 7) is 13.0. The molecule has 4 atom stereocenters. The van der Waals surface area contributed by atoms with Crippen molar-refractivity contribution in [3.63, 3.8) is 0 Å². The van der Waals surface area contributed by atoms with Crippen LogP contribution < -0.4 is 5.32 Å². The average molecular weight is 772 g/mol. The molecule has 1 saturated carbocycles. The minimum atomic E-state index is -0.677. The highest BCUT2D eigenvalue weighted by Gasteiger charge is 2.55. The molecule has 2 aliphatic heterocycles. The van der Waals surface area contributed by atoms with Crippen molar-refractivity contribution < 1.29 is 23.9 Å². The quantitative estimate of drug-likeness (QED) is 0.143. The monoisotopic (exact) mass is 771 g/mol. The second-order valence-corrected chi connectivity index (χ2v) is 17.8. The summed E-state index contributed by atoms with van der Waals surface area (Å²) in [5, 5.41) is 5.00. The number of hydrogen-bond acceptors (Lipinski definition) is 7. The molecule has 4 heterocycles. The number of aromatic amines is 2. The van der Waals surface area contributed by atoms with Gasteiger partial charge in [0.15, 0.2) is 0 Å². The lowest BCUT2D eigenvalue weighted by molar-refractivity contribution is -0.135. The normalized spacial score (nSPS) is 20.7. The van der Waals surface area contributed by atoms with Crippen LogP contribution in [0.25, 0.3) is 44.4 Å². The molecule has 0 unspecified atom stereocenters. The van der Waals surface area contributed by atoms with Crippen LogP contribution >= 0.6 is 0 Å². The van der Waals surface area contributed by atoms with Gasteiger partial charge in [0.05, 0.1) is 43.0 Å². The minimum absolute atomic E-state index is 0.0959. The number of carbonyl (C=O) groups is 3. The van der Waals surface area contributed by atoms with Crippen LogP contribution in [0.5, 0.6) is 0 Å². The summed E-state index contributed by atoms with van der Waals surface area (Å²) in [5.41, 5.74) is 5.62. The first-order chi connectivity index (χ1) is 27.2. The number of nitrogens with one attached hydrogen (secondary N) is 3. The van der Waals surface area contributed by atoms with Crippen LogP contribution in [0.15, 0.2) is 73.1 Å². The standard InChI is InChI=1S/C45H53N7O5/c1-26(2)38(50-42(54)56-7)41(53)52-25-45(16-17-45)21-37(52)40-47-22-34(48-40)29-10-8-28(9-11-29)30-12-13-32-20-33(15-14-31(32)19-30)35-23-46-39(49-35)36-18-27(3)24-51(36)43(55)57-44(4,5)6/h8-15,19-20,22-23,26-27,36-38H,16-18,21,24-25H2,1-7H3,(H,46,49)(H,47,48)(H,50,54)/t27-,36-,37-,38-/m0/s1. The summed E-state index contributed by atoms with van der Waals surface area (Å²) < 4.78 is 10.5. The highest BCUT2D eigenvalue weighted by Crippen LogP contribution is 2.58. The largest absolute Gasteiger partial charge is 0.453 e. The van der Waals surface area contributed by atoms with Crippen LogP contribution in [0.4, 0.5) is 9.59 Å². The van der Waals surface area contributed by atoms with E-state index in [-0.39, 0.29) is 35.4 Å². The van der Waals surface area contributed by atoms with E-state index in [1.165, 1.54) is 7.11 Å². The van der Waals surface area contributed by atoms with Crippen molar-refractivity contribution in [2.75, 3.05) is 20.2 Å². The summed E-state index contributed by atoms with van der Waals surface area (Å²) >= 11 is 0. The van der Waals surface area contributed by atoms with E-state index in [1.54, 1.807) is 4.90 Å². The van der Waals surface area contributed by atoms with Gasteiger partial charge in [0.25, 0.3) is 0 Å². The topological polar surface area (TPSA) is 146 Å². The molecule has 1 aliphatic carbocycles. The van der Waals surface area contributed by atoms with Gasteiger partial charge in [-0.25, -0.2) is 19.6 Å². The predicted molar refractivity (Wildman–Crippen MR) is 219 cm³/mol. The summed E-state index contributed by atoms with van der Waals surface area (Å²) in [6.07, 6.45) is 6.66. The van der Waals surface area contributed by atoms with Crippen LogP contribution in [0.1, 0.15) is 91.0 Å². The van der Waals surface area contributed by atoms with E-state index in [1.807, 2.05) is 51.9 Å². The van der Waals surface area contributed by atoms with Gasteiger partial charge in [-0.3, -0.25) is 9.69 Å². The second-order valence-electron chi connectivity index (χ2n) is 17.8. The van der Waals surface area contributed by atoms with E-state index in [0.717, 1.165) is 81.7 Å². The molecule has 0 bridgehead atoms. The number of rotatable bonds is 8. The van der Waals surface area contributed by atoms with Crippen LogP contribution in [-0.2, 0) is 14.3 Å². The maximum absolute atomic E-state index is 13.9. The molecule has 3 N–H and O–H groups in total. The summed E-state index contributed by atoms with van der Waals surface area (Å²) in [7, 11) is 1.31. The number of amides is 3. The Morgan fingerprint density at radius 1 is 0.825 bits per heavy atom. The molecule has 5 aromatic rings. The van der Waals surface area contributed by atoms with Crippen molar-refractivity contribution in [1.29, 1.82) is 0 Å². The fourth-order valence-corrected chi connectivity index (χ4v) is 8.52. The number of H-pyrrole nitrogens is 2. The summed E-state index contributed by atoms with van der Waals surface area (Å²) in [6, 6.07) is 20.3. The number of fused-ring (bicyclic) bond motifs is 1. The van der Waals surface area contributed by atoms with Crippen molar-refractivity contribution in [3.8, 4) is 33.6 Å². The van der Waals surface area contributed by atoms with Crippen LogP contribution in [0.3, 0.4) is 0 Å². The van der Waals surface area contributed by atoms with Crippen molar-refractivity contribution in [2.45, 2.75) is 91.0 Å². The van der Waals surface area contributed by atoms with E-state index in [0.29, 0.717) is 19.0 Å². The van der Waals surface area contributed by atoms with Crippen molar-refractivity contribution in [3.05, 3.63) is 84.7 Å². The van der Waals surface area contributed by atoms with Crippen molar-refractivity contribution in [2.24, 2.45) is 17.3 Å². The Balaban J connectivity index is 0.961. The number of likely N-dealkylation sites (tertiary alicyclic amines) is 2. The number of aromatic nitrogens is 4. The van der Waals surface area contributed by atoms with Gasteiger partial charge < -0.3 is 29.7 Å².